The number of anilines is 1. The molecule has 31 heavy (non-hydrogen) atoms. The van der Waals surface area contributed by atoms with Gasteiger partial charge in [-0.2, -0.15) is 5.26 Å². The fraction of sp³-hybridized carbons (Fsp3) is 0.174. The number of carbonyl (C=O) groups excluding carboxylic acids is 1. The second-order valence-electron chi connectivity index (χ2n) is 7.04. The number of carbonyl (C=O) groups is 1. The summed E-state index contributed by atoms with van der Waals surface area (Å²) in [6, 6.07) is 15.7. The number of fused-ring (bicyclic) bond motifs is 1. The van der Waals surface area contributed by atoms with Gasteiger partial charge in [0.2, 0.25) is 5.91 Å². The predicted molar refractivity (Wildman–Crippen MR) is 117 cm³/mol. The van der Waals surface area contributed by atoms with Crippen LogP contribution in [-0.2, 0) is 11.3 Å². The lowest BCUT2D eigenvalue weighted by Crippen LogP contribution is -2.18. The number of nitrogens with one attached hydrogen (secondary N) is 1. The Balaban J connectivity index is 1.53. The number of halogens is 1. The molecule has 0 aliphatic heterocycles. The van der Waals surface area contributed by atoms with Crippen molar-refractivity contribution in [3.8, 4) is 6.07 Å². The Kier molecular flexibility index (Phi) is 5.78. The minimum absolute atomic E-state index is 0.0809. The largest absolute Gasteiger partial charge is 0.431 e. The van der Waals surface area contributed by atoms with E-state index >= 15 is 0 Å². The first-order chi connectivity index (χ1) is 15.0. The van der Waals surface area contributed by atoms with Crippen molar-refractivity contribution in [1.29, 1.82) is 5.26 Å². The van der Waals surface area contributed by atoms with E-state index < -0.39 is 0 Å². The molecule has 2 aromatic carbocycles. The van der Waals surface area contributed by atoms with E-state index in [0.717, 1.165) is 22.3 Å². The molecule has 2 heterocycles. The molecule has 0 atom stereocenters. The third-order valence-corrected chi connectivity index (χ3v) is 5.88. The monoisotopic (exact) mass is 434 g/mol. The summed E-state index contributed by atoms with van der Waals surface area (Å²) in [7, 11) is 0. The fourth-order valence-electron chi connectivity index (χ4n) is 3.31. The van der Waals surface area contributed by atoms with Crippen LogP contribution in [0.4, 0.5) is 10.2 Å². The van der Waals surface area contributed by atoms with Crippen LogP contribution in [0.2, 0.25) is 0 Å². The number of nitrogens with zero attached hydrogens (tertiary/aromatic N) is 3. The number of oxazole rings is 1. The van der Waals surface area contributed by atoms with Crippen LogP contribution >= 0.6 is 11.8 Å². The van der Waals surface area contributed by atoms with Gasteiger partial charge in [0, 0.05) is 12.2 Å². The van der Waals surface area contributed by atoms with E-state index in [1.54, 1.807) is 12.1 Å². The van der Waals surface area contributed by atoms with Crippen LogP contribution in [0, 0.1) is 31.0 Å². The Morgan fingerprint density at radius 1 is 1.23 bits per heavy atom. The smallest absolute Gasteiger partial charge is 0.257 e. The number of thioether (sulfide) groups is 1. The van der Waals surface area contributed by atoms with Gasteiger partial charge < -0.3 is 14.3 Å². The normalized spacial score (nSPS) is 10.9. The van der Waals surface area contributed by atoms with E-state index in [-0.39, 0.29) is 17.5 Å². The van der Waals surface area contributed by atoms with Crippen LogP contribution in [0.15, 0.2) is 58.2 Å². The number of aromatic nitrogens is 2. The van der Waals surface area contributed by atoms with Crippen molar-refractivity contribution in [3.63, 3.8) is 0 Å². The quantitative estimate of drug-likeness (QED) is 0.430. The lowest BCUT2D eigenvalue weighted by atomic mass is 10.2. The minimum Gasteiger partial charge on any atom is -0.431 e. The summed E-state index contributed by atoms with van der Waals surface area (Å²) in [5.74, 6) is -0.0736. The SMILES string of the molecule is Cc1c(C#N)c(NC(=O)CSc2nc3ccccc3o2)n(Cc2ccc(F)cc2)c1C. The molecular weight excluding hydrogens is 415 g/mol. The molecular formula is C23H19FN4O2S. The maximum atomic E-state index is 13.2. The zero-order chi connectivity index (χ0) is 22.0. The zero-order valence-electron chi connectivity index (χ0n) is 17.0. The lowest BCUT2D eigenvalue weighted by Gasteiger charge is -2.13. The molecule has 1 amide bonds. The Bertz CT molecular complexity index is 1270. The van der Waals surface area contributed by atoms with Crippen LogP contribution in [0.1, 0.15) is 22.4 Å². The van der Waals surface area contributed by atoms with Gasteiger partial charge in [-0.25, -0.2) is 9.37 Å². The van der Waals surface area contributed by atoms with E-state index in [2.05, 4.69) is 16.4 Å². The average molecular weight is 434 g/mol. The first-order valence-electron chi connectivity index (χ1n) is 9.58. The van der Waals surface area contributed by atoms with E-state index in [9.17, 15) is 14.4 Å². The average Bonchev–Trinajstić information content (AvgIpc) is 3.28. The second kappa shape index (κ2) is 8.66. The molecule has 0 aliphatic rings. The maximum absolute atomic E-state index is 13.2. The number of rotatable bonds is 6. The Morgan fingerprint density at radius 2 is 1.97 bits per heavy atom. The van der Waals surface area contributed by atoms with Crippen LogP contribution in [0.3, 0.4) is 0 Å². The maximum Gasteiger partial charge on any atom is 0.257 e. The van der Waals surface area contributed by atoms with Crippen molar-refractivity contribution in [2.45, 2.75) is 25.6 Å². The molecule has 0 radical (unpaired) electrons. The van der Waals surface area contributed by atoms with Crippen LogP contribution in [0.25, 0.3) is 11.1 Å². The van der Waals surface area contributed by atoms with Gasteiger partial charge in [0.25, 0.3) is 5.22 Å². The van der Waals surface area contributed by atoms with E-state index in [0.29, 0.717) is 28.7 Å². The first kappa shape index (κ1) is 20.7. The minimum atomic E-state index is -0.313. The number of benzene rings is 2. The number of para-hydroxylation sites is 2. The molecule has 8 heteroatoms. The molecule has 156 valence electrons. The summed E-state index contributed by atoms with van der Waals surface area (Å²) < 4.78 is 20.7. The number of hydrogen-bond acceptors (Lipinski definition) is 5. The highest BCUT2D eigenvalue weighted by atomic mass is 32.2. The van der Waals surface area contributed by atoms with Gasteiger partial charge in [-0.15, -0.1) is 0 Å². The number of amides is 1. The molecule has 0 aliphatic carbocycles. The van der Waals surface area contributed by atoms with Gasteiger partial charge in [-0.3, -0.25) is 4.79 Å². The zero-order valence-corrected chi connectivity index (χ0v) is 17.8. The molecule has 0 bridgehead atoms. The summed E-state index contributed by atoms with van der Waals surface area (Å²) in [4.78, 5) is 17.0. The molecule has 0 unspecified atom stereocenters. The molecule has 6 nitrogen and oxygen atoms in total. The van der Waals surface area contributed by atoms with Gasteiger partial charge in [0.1, 0.15) is 23.2 Å². The lowest BCUT2D eigenvalue weighted by molar-refractivity contribution is -0.113. The molecule has 1 N–H and O–H groups in total. The van der Waals surface area contributed by atoms with Crippen LogP contribution in [-0.4, -0.2) is 21.2 Å². The van der Waals surface area contributed by atoms with Crippen molar-refractivity contribution in [3.05, 3.63) is 76.7 Å². The van der Waals surface area contributed by atoms with E-state index in [1.165, 1.54) is 23.9 Å². The second-order valence-corrected chi connectivity index (χ2v) is 7.97. The summed E-state index contributed by atoms with van der Waals surface area (Å²) in [6.45, 7) is 4.14. The Morgan fingerprint density at radius 3 is 2.68 bits per heavy atom. The number of nitriles is 1. The molecule has 0 spiro atoms. The molecule has 0 fully saturated rings. The van der Waals surface area contributed by atoms with Gasteiger partial charge in [0.05, 0.1) is 11.3 Å². The number of hydrogen-bond donors (Lipinski definition) is 1. The Hall–Kier alpha value is -3.57. The predicted octanol–water partition coefficient (Wildman–Crippen LogP) is 5.04. The van der Waals surface area contributed by atoms with Crippen molar-refractivity contribution in [1.82, 2.24) is 9.55 Å². The van der Waals surface area contributed by atoms with Crippen LogP contribution in [0.5, 0.6) is 0 Å². The van der Waals surface area contributed by atoms with E-state index in [1.807, 2.05) is 42.7 Å². The molecule has 2 aromatic heterocycles. The van der Waals surface area contributed by atoms with Crippen molar-refractivity contribution in [2.24, 2.45) is 0 Å². The highest BCUT2D eigenvalue weighted by molar-refractivity contribution is 7.99. The summed E-state index contributed by atoms with van der Waals surface area (Å²) >= 11 is 1.19. The highest BCUT2D eigenvalue weighted by Crippen LogP contribution is 2.28. The topological polar surface area (TPSA) is 83.8 Å². The van der Waals surface area contributed by atoms with Crippen molar-refractivity contribution >= 4 is 34.6 Å². The van der Waals surface area contributed by atoms with Gasteiger partial charge in [0.15, 0.2) is 5.58 Å². The molecule has 0 saturated heterocycles. The fourth-order valence-corrected chi connectivity index (χ4v) is 3.95. The summed E-state index contributed by atoms with van der Waals surface area (Å²) in [5, 5.41) is 12.9. The van der Waals surface area contributed by atoms with E-state index in [4.69, 9.17) is 4.42 Å². The third kappa shape index (κ3) is 4.32. The van der Waals surface area contributed by atoms with Crippen LogP contribution < -0.4 is 5.32 Å². The summed E-state index contributed by atoms with van der Waals surface area (Å²) in [5.41, 5.74) is 4.34. The first-order valence-corrected chi connectivity index (χ1v) is 10.6. The van der Waals surface area contributed by atoms with Gasteiger partial charge in [-0.1, -0.05) is 36.0 Å². The molecule has 4 rings (SSSR count). The summed E-state index contributed by atoms with van der Waals surface area (Å²) in [6.07, 6.45) is 0. The Labute approximate surface area is 182 Å². The van der Waals surface area contributed by atoms with Crippen molar-refractivity contribution < 1.29 is 13.6 Å². The molecule has 0 saturated carbocycles. The van der Waals surface area contributed by atoms with Crippen molar-refractivity contribution in [2.75, 3.05) is 11.1 Å². The van der Waals surface area contributed by atoms with Gasteiger partial charge in [-0.05, 0) is 49.2 Å². The highest BCUT2D eigenvalue weighted by Gasteiger charge is 2.20. The third-order valence-electron chi connectivity index (χ3n) is 5.05. The molecule has 4 aromatic rings. The standard InChI is InChI=1S/C23H19FN4O2S/c1-14-15(2)28(12-16-7-9-17(24)10-8-16)22(18(14)11-25)27-21(29)13-31-23-26-19-5-3-4-6-20(19)30-23/h3-10H,12-13H2,1-2H3,(H,27,29). The van der Waals surface area contributed by atoms with Gasteiger partial charge >= 0.3 is 0 Å².